The molecule has 8 aliphatic rings. The maximum atomic E-state index is 14.5. The maximum absolute atomic E-state index is 14.5. The van der Waals surface area contributed by atoms with E-state index in [2.05, 4.69) is 108 Å². The Kier molecular flexibility index (Phi) is 6.04. The highest BCUT2D eigenvalue weighted by molar-refractivity contribution is 6.30. The number of carbonyl (C=O) groups is 1. The molecule has 16 rings (SSSR count). The molecule has 3 heteroatoms. The first-order valence-corrected chi connectivity index (χ1v) is 23.2. The van der Waals surface area contributed by atoms with Gasteiger partial charge in [-0.25, -0.2) is 0 Å². The third-order valence-corrected chi connectivity index (χ3v) is 18.2. The van der Waals surface area contributed by atoms with Gasteiger partial charge in [-0.1, -0.05) is 98.5 Å². The minimum Gasteiger partial charge on any atom is -0.308 e. The second-order valence-corrected chi connectivity index (χ2v) is 20.3. The molecule has 0 N–H and O–H groups in total. The van der Waals surface area contributed by atoms with Crippen molar-refractivity contribution in [1.82, 2.24) is 4.40 Å². The summed E-state index contributed by atoms with van der Waals surface area (Å²) in [5.41, 5.74) is 20.3. The number of hydrogen-bond acceptors (Lipinski definition) is 2. The molecule has 0 saturated heterocycles. The number of nitrogens with zero attached hydrogens (tertiary/aromatic N) is 2. The number of nitriles is 1. The van der Waals surface area contributed by atoms with E-state index in [-0.39, 0.29) is 16.7 Å². The van der Waals surface area contributed by atoms with Crippen LogP contribution in [0.2, 0.25) is 0 Å². The summed E-state index contributed by atoms with van der Waals surface area (Å²) in [5, 5.41) is 16.8. The van der Waals surface area contributed by atoms with E-state index in [4.69, 9.17) is 0 Å². The van der Waals surface area contributed by atoms with Gasteiger partial charge in [-0.05, 0) is 166 Å². The second-order valence-electron chi connectivity index (χ2n) is 20.3. The molecular formula is C57H46N2O. The fourth-order valence-corrected chi connectivity index (χ4v) is 15.8. The summed E-state index contributed by atoms with van der Waals surface area (Å²) in [4.78, 5) is 14.5. The number of hydrogen-bond donors (Lipinski definition) is 0. The standard InChI is InChI=1S/C57H46N2O/c58-31-34-27-47-49(52-51(34)55(21-7-8-22-55)25-26-56(52)23-9-10-24-56)50-48-37-13-3-6-16-44(37)57(42-14-4-1-11-35(42)36-12-2-5-15-43(36)57)45(48)29-40-39-28-38-32-17-19-33(20-18-32)54(60)41(38)30-46(39)59(47)53(40)50/h1-6,11-16,27-30,32-33H,7-10,17-26H2. The highest BCUT2D eigenvalue weighted by atomic mass is 16.1. The number of carbonyl (C=O) groups excluding carboxylic acids is 1. The fourth-order valence-electron chi connectivity index (χ4n) is 15.8. The molecule has 8 aliphatic carbocycles. The van der Waals surface area contributed by atoms with Crippen molar-refractivity contribution in [2.45, 2.75) is 112 Å². The van der Waals surface area contributed by atoms with Gasteiger partial charge in [-0.3, -0.25) is 4.79 Å². The number of aromatic nitrogens is 1. The summed E-state index contributed by atoms with van der Waals surface area (Å²) in [6.45, 7) is 0. The number of Topliss-reactive ketones (excluding diaryl/α,β-unsaturated/α-hetero) is 1. The van der Waals surface area contributed by atoms with Crippen molar-refractivity contribution in [3.63, 3.8) is 0 Å². The second kappa shape index (κ2) is 11.0. The van der Waals surface area contributed by atoms with Gasteiger partial charge >= 0.3 is 0 Å². The SMILES string of the molecule is N#Cc1cc2c(c3c1C1(CCCC1)CCC31CCCC1)c1c3c(cc4c5cc6c(cc5n2c41)C(=O)C1CCC6CC1)C1(c2ccccc2-c2ccccc21)c1ccccc1-3. The van der Waals surface area contributed by atoms with Crippen LogP contribution in [0.4, 0.5) is 0 Å². The molecule has 2 aromatic heterocycles. The van der Waals surface area contributed by atoms with Crippen molar-refractivity contribution >= 4 is 43.9 Å². The number of rotatable bonds is 0. The minimum atomic E-state index is -0.467. The highest BCUT2D eigenvalue weighted by Gasteiger charge is 2.55. The molecule has 290 valence electrons. The zero-order valence-electron chi connectivity index (χ0n) is 34.1. The van der Waals surface area contributed by atoms with Crippen molar-refractivity contribution in [3.8, 4) is 28.3 Å². The molecule has 2 bridgehead atoms. The first-order chi connectivity index (χ1) is 29.6. The zero-order valence-corrected chi connectivity index (χ0v) is 34.1. The van der Waals surface area contributed by atoms with Crippen LogP contribution in [-0.4, -0.2) is 10.2 Å². The molecule has 3 nitrogen and oxygen atoms in total. The Balaban J connectivity index is 1.21. The molecule has 0 aliphatic heterocycles. The van der Waals surface area contributed by atoms with E-state index in [0.29, 0.717) is 11.7 Å². The Hall–Kier alpha value is -5.72. The van der Waals surface area contributed by atoms with Gasteiger partial charge in [0.15, 0.2) is 5.78 Å². The van der Waals surface area contributed by atoms with Gasteiger partial charge in [0, 0.05) is 33.0 Å². The van der Waals surface area contributed by atoms with Gasteiger partial charge in [-0.2, -0.15) is 5.26 Å². The van der Waals surface area contributed by atoms with E-state index in [0.717, 1.165) is 42.3 Å². The lowest BCUT2D eigenvalue weighted by atomic mass is 9.57. The third kappa shape index (κ3) is 3.57. The largest absolute Gasteiger partial charge is 0.308 e. The Morgan fingerprint density at radius 1 is 0.550 bits per heavy atom. The Bertz CT molecular complexity index is 3290. The van der Waals surface area contributed by atoms with Crippen LogP contribution in [0.3, 0.4) is 0 Å². The van der Waals surface area contributed by atoms with Crippen LogP contribution >= 0.6 is 0 Å². The lowest BCUT2D eigenvalue weighted by molar-refractivity contribution is 0.0898. The third-order valence-electron chi connectivity index (χ3n) is 18.2. The molecule has 0 atom stereocenters. The quantitative estimate of drug-likeness (QED) is 0.154. The Morgan fingerprint density at radius 3 is 1.78 bits per heavy atom. The van der Waals surface area contributed by atoms with Gasteiger partial charge in [-0.15, -0.1) is 0 Å². The predicted octanol–water partition coefficient (Wildman–Crippen LogP) is 13.9. The van der Waals surface area contributed by atoms with Gasteiger partial charge in [0.25, 0.3) is 0 Å². The van der Waals surface area contributed by atoms with E-state index >= 15 is 0 Å². The van der Waals surface area contributed by atoms with Gasteiger partial charge < -0.3 is 4.40 Å². The van der Waals surface area contributed by atoms with Crippen LogP contribution in [0.15, 0.2) is 97.1 Å². The summed E-state index contributed by atoms with van der Waals surface area (Å²) in [6, 6.07) is 40.4. The average Bonchev–Trinajstić information content (AvgIpc) is 4.15. The van der Waals surface area contributed by atoms with Crippen LogP contribution in [0.25, 0.3) is 60.3 Å². The Labute approximate surface area is 350 Å². The van der Waals surface area contributed by atoms with Crippen LogP contribution in [-0.2, 0) is 16.2 Å². The number of ketones is 1. The predicted molar refractivity (Wildman–Crippen MR) is 241 cm³/mol. The van der Waals surface area contributed by atoms with E-state index < -0.39 is 5.41 Å². The molecule has 2 heterocycles. The average molecular weight is 775 g/mol. The summed E-state index contributed by atoms with van der Waals surface area (Å²) >= 11 is 0. The zero-order chi connectivity index (χ0) is 39.3. The molecule has 3 saturated carbocycles. The van der Waals surface area contributed by atoms with E-state index in [1.165, 1.54) is 152 Å². The first kappa shape index (κ1) is 33.1. The van der Waals surface area contributed by atoms with Crippen LogP contribution in [0.5, 0.6) is 0 Å². The number of fused-ring (bicyclic) bond motifs is 23. The van der Waals surface area contributed by atoms with Crippen LogP contribution in [0, 0.1) is 17.2 Å². The highest BCUT2D eigenvalue weighted by Crippen LogP contribution is 2.67. The lowest BCUT2D eigenvalue weighted by Gasteiger charge is -2.46. The number of benzene rings is 6. The summed E-state index contributed by atoms with van der Waals surface area (Å²) < 4.78 is 2.57. The molecule has 0 unspecified atom stereocenters. The van der Waals surface area contributed by atoms with Gasteiger partial charge in [0.1, 0.15) is 0 Å². The summed E-state index contributed by atoms with van der Waals surface area (Å²) in [7, 11) is 0. The van der Waals surface area contributed by atoms with E-state index in [1.807, 2.05) is 0 Å². The van der Waals surface area contributed by atoms with Crippen molar-refractivity contribution in [2.24, 2.45) is 5.92 Å². The van der Waals surface area contributed by atoms with E-state index in [9.17, 15) is 10.1 Å². The van der Waals surface area contributed by atoms with Crippen molar-refractivity contribution in [2.75, 3.05) is 0 Å². The molecule has 0 radical (unpaired) electrons. The van der Waals surface area contributed by atoms with Crippen molar-refractivity contribution in [3.05, 3.63) is 147 Å². The monoisotopic (exact) mass is 774 g/mol. The molecule has 3 spiro atoms. The molecular weight excluding hydrogens is 729 g/mol. The smallest absolute Gasteiger partial charge is 0.166 e. The van der Waals surface area contributed by atoms with Crippen LogP contribution in [0.1, 0.15) is 151 Å². The first-order valence-electron chi connectivity index (χ1n) is 23.2. The maximum Gasteiger partial charge on any atom is 0.166 e. The summed E-state index contributed by atoms with van der Waals surface area (Å²) in [6.07, 6.45) is 16.5. The lowest BCUT2D eigenvalue weighted by Crippen LogP contribution is -2.39. The van der Waals surface area contributed by atoms with Crippen molar-refractivity contribution < 1.29 is 4.79 Å². The molecule has 0 amide bonds. The summed E-state index contributed by atoms with van der Waals surface area (Å²) in [5.74, 6) is 0.922. The van der Waals surface area contributed by atoms with Gasteiger partial charge in [0.2, 0.25) is 0 Å². The minimum absolute atomic E-state index is 0.0730. The van der Waals surface area contributed by atoms with E-state index in [1.54, 1.807) is 5.56 Å². The van der Waals surface area contributed by atoms with Crippen LogP contribution < -0.4 is 0 Å². The van der Waals surface area contributed by atoms with Gasteiger partial charge in [0.05, 0.1) is 33.6 Å². The molecule has 60 heavy (non-hydrogen) atoms. The topological polar surface area (TPSA) is 45.3 Å². The normalized spacial score (nSPS) is 23.1. The molecule has 3 fully saturated rings. The fraction of sp³-hybridized carbons (Fsp3) is 0.333. The van der Waals surface area contributed by atoms with Crippen molar-refractivity contribution in [1.29, 1.82) is 5.26 Å². The molecule has 6 aromatic carbocycles. The Morgan fingerprint density at radius 2 is 1.13 bits per heavy atom. The molecule has 8 aromatic rings.